The predicted molar refractivity (Wildman–Crippen MR) is 66.6 cm³/mol. The molecule has 0 spiro atoms. The average molecular weight is 237 g/mol. The molecule has 15 heavy (non-hydrogen) atoms. The molecule has 0 aliphatic carbocycles. The van der Waals surface area contributed by atoms with E-state index in [1.54, 1.807) is 0 Å². The molecule has 1 saturated heterocycles. The molecule has 0 aromatic heterocycles. The van der Waals surface area contributed by atoms with Crippen LogP contribution in [0.2, 0.25) is 0 Å². The lowest BCUT2D eigenvalue weighted by molar-refractivity contribution is 0.0415. The normalized spacial score (nSPS) is 22.8. The van der Waals surface area contributed by atoms with Crippen LogP contribution in [-0.4, -0.2) is 43.3 Å². The van der Waals surface area contributed by atoms with Gasteiger partial charge in [-0.05, 0) is 33.2 Å². The summed E-state index contributed by atoms with van der Waals surface area (Å²) in [6.45, 7) is 8.03. The number of halogens is 1. The van der Waals surface area contributed by atoms with Crippen molar-refractivity contribution in [2.24, 2.45) is 5.73 Å². The molecule has 0 aromatic rings. The quantitative estimate of drug-likeness (QED) is 0.789. The van der Waals surface area contributed by atoms with Crippen LogP contribution in [-0.2, 0) is 4.74 Å². The minimum atomic E-state index is 0. The molecule has 1 fully saturated rings. The van der Waals surface area contributed by atoms with Gasteiger partial charge in [0.25, 0.3) is 0 Å². The lowest BCUT2D eigenvalue weighted by Gasteiger charge is -2.34. The fourth-order valence-electron chi connectivity index (χ4n) is 2.03. The van der Waals surface area contributed by atoms with Crippen LogP contribution in [0.4, 0.5) is 0 Å². The molecule has 1 unspecified atom stereocenters. The Morgan fingerprint density at radius 1 is 1.40 bits per heavy atom. The number of likely N-dealkylation sites (tertiary alicyclic amines) is 1. The van der Waals surface area contributed by atoms with Crippen molar-refractivity contribution in [3.63, 3.8) is 0 Å². The summed E-state index contributed by atoms with van der Waals surface area (Å²) in [6.07, 6.45) is 4.26. The highest BCUT2D eigenvalue weighted by Gasteiger charge is 2.20. The van der Waals surface area contributed by atoms with Gasteiger partial charge in [0.1, 0.15) is 0 Å². The van der Waals surface area contributed by atoms with Gasteiger partial charge in [-0.2, -0.15) is 0 Å². The second-order valence-electron chi connectivity index (χ2n) is 4.34. The summed E-state index contributed by atoms with van der Waals surface area (Å²) in [6, 6.07) is 0.597. The van der Waals surface area contributed by atoms with Gasteiger partial charge in [0.05, 0.1) is 12.7 Å². The molecule has 1 atom stereocenters. The number of rotatable bonds is 5. The van der Waals surface area contributed by atoms with Gasteiger partial charge >= 0.3 is 0 Å². The van der Waals surface area contributed by atoms with Crippen LogP contribution >= 0.6 is 12.4 Å². The summed E-state index contributed by atoms with van der Waals surface area (Å²) in [7, 11) is 0. The van der Waals surface area contributed by atoms with Gasteiger partial charge in [0.2, 0.25) is 0 Å². The van der Waals surface area contributed by atoms with Crippen molar-refractivity contribution in [1.82, 2.24) is 4.90 Å². The molecule has 0 radical (unpaired) electrons. The number of nitrogens with zero attached hydrogens (tertiary/aromatic N) is 1. The Balaban J connectivity index is 0.00000196. The number of piperidine rings is 1. The van der Waals surface area contributed by atoms with Crippen LogP contribution < -0.4 is 5.73 Å². The molecule has 4 heteroatoms. The highest BCUT2D eigenvalue weighted by Crippen LogP contribution is 2.15. The minimum absolute atomic E-state index is 0. The molecule has 0 aromatic carbocycles. The topological polar surface area (TPSA) is 38.5 Å². The van der Waals surface area contributed by atoms with Gasteiger partial charge in [0.15, 0.2) is 0 Å². The smallest absolute Gasteiger partial charge is 0.0597 e. The predicted octanol–water partition coefficient (Wildman–Crippen LogP) is 1.65. The van der Waals surface area contributed by atoms with Crippen molar-refractivity contribution < 1.29 is 4.74 Å². The van der Waals surface area contributed by atoms with Gasteiger partial charge in [0, 0.05) is 19.1 Å². The van der Waals surface area contributed by atoms with E-state index >= 15 is 0 Å². The molecular formula is C11H25ClN2O. The van der Waals surface area contributed by atoms with E-state index in [2.05, 4.69) is 18.7 Å². The van der Waals surface area contributed by atoms with Crippen LogP contribution in [0.25, 0.3) is 0 Å². The molecule has 1 rings (SSSR count). The van der Waals surface area contributed by atoms with Gasteiger partial charge < -0.3 is 10.5 Å². The molecular weight excluding hydrogens is 212 g/mol. The largest absolute Gasteiger partial charge is 0.377 e. The maximum absolute atomic E-state index is 5.74. The monoisotopic (exact) mass is 236 g/mol. The maximum atomic E-state index is 5.74. The van der Waals surface area contributed by atoms with Crippen molar-refractivity contribution in [3.05, 3.63) is 0 Å². The SMILES string of the molecule is CC(C)OCCN1CCCCC1CN.Cl. The molecule has 0 bridgehead atoms. The Kier molecular flexibility index (Phi) is 8.43. The third-order valence-corrected chi connectivity index (χ3v) is 2.85. The zero-order chi connectivity index (χ0) is 10.4. The number of ether oxygens (including phenoxy) is 1. The van der Waals surface area contributed by atoms with E-state index in [0.29, 0.717) is 12.1 Å². The van der Waals surface area contributed by atoms with Crippen LogP contribution in [0, 0.1) is 0 Å². The highest BCUT2D eigenvalue weighted by molar-refractivity contribution is 5.85. The first-order chi connectivity index (χ1) is 6.74. The fraction of sp³-hybridized carbons (Fsp3) is 1.00. The second kappa shape index (κ2) is 8.34. The van der Waals surface area contributed by atoms with E-state index in [-0.39, 0.29) is 12.4 Å². The van der Waals surface area contributed by atoms with E-state index in [4.69, 9.17) is 10.5 Å². The summed E-state index contributed by atoms with van der Waals surface area (Å²) in [5.74, 6) is 0. The van der Waals surface area contributed by atoms with Crippen molar-refractivity contribution in [3.8, 4) is 0 Å². The second-order valence-corrected chi connectivity index (χ2v) is 4.34. The molecule has 0 saturated carbocycles. The van der Waals surface area contributed by atoms with Crippen molar-refractivity contribution in [1.29, 1.82) is 0 Å². The highest BCUT2D eigenvalue weighted by atomic mass is 35.5. The minimum Gasteiger partial charge on any atom is -0.377 e. The number of hydrogen-bond donors (Lipinski definition) is 1. The maximum Gasteiger partial charge on any atom is 0.0597 e. The van der Waals surface area contributed by atoms with Crippen molar-refractivity contribution in [2.75, 3.05) is 26.2 Å². The zero-order valence-corrected chi connectivity index (χ0v) is 10.8. The molecule has 1 heterocycles. The lowest BCUT2D eigenvalue weighted by atomic mass is 10.0. The summed E-state index contributed by atoms with van der Waals surface area (Å²) >= 11 is 0. The summed E-state index contributed by atoms with van der Waals surface area (Å²) in [4.78, 5) is 2.48. The zero-order valence-electron chi connectivity index (χ0n) is 9.95. The summed E-state index contributed by atoms with van der Waals surface area (Å²) in [5.41, 5.74) is 5.74. The first-order valence-electron chi connectivity index (χ1n) is 5.79. The van der Waals surface area contributed by atoms with E-state index in [1.165, 1.54) is 25.8 Å². The van der Waals surface area contributed by atoms with Crippen LogP contribution in [0.5, 0.6) is 0 Å². The van der Waals surface area contributed by atoms with E-state index in [9.17, 15) is 0 Å². The Hall–Kier alpha value is 0.170. The first kappa shape index (κ1) is 15.2. The number of nitrogens with two attached hydrogens (primary N) is 1. The lowest BCUT2D eigenvalue weighted by Crippen LogP contribution is -2.45. The van der Waals surface area contributed by atoms with Crippen LogP contribution in [0.3, 0.4) is 0 Å². The van der Waals surface area contributed by atoms with Gasteiger partial charge in [-0.3, -0.25) is 4.90 Å². The van der Waals surface area contributed by atoms with E-state index in [1.807, 2.05) is 0 Å². The Morgan fingerprint density at radius 3 is 2.73 bits per heavy atom. The Morgan fingerprint density at radius 2 is 2.13 bits per heavy atom. The first-order valence-corrected chi connectivity index (χ1v) is 5.79. The van der Waals surface area contributed by atoms with Gasteiger partial charge in [-0.15, -0.1) is 12.4 Å². The third-order valence-electron chi connectivity index (χ3n) is 2.85. The molecule has 2 N–H and O–H groups in total. The third kappa shape index (κ3) is 5.71. The van der Waals surface area contributed by atoms with E-state index in [0.717, 1.165) is 19.7 Å². The Bertz CT molecular complexity index is 156. The molecule has 1 aliphatic heterocycles. The molecule has 92 valence electrons. The van der Waals surface area contributed by atoms with Crippen molar-refractivity contribution in [2.45, 2.75) is 45.3 Å². The molecule has 0 amide bonds. The summed E-state index contributed by atoms with van der Waals surface area (Å²) in [5, 5.41) is 0. The van der Waals surface area contributed by atoms with E-state index < -0.39 is 0 Å². The summed E-state index contributed by atoms with van der Waals surface area (Å²) < 4.78 is 5.55. The van der Waals surface area contributed by atoms with Crippen molar-refractivity contribution >= 4 is 12.4 Å². The average Bonchev–Trinajstić information content (AvgIpc) is 2.18. The standard InChI is InChI=1S/C11H24N2O.ClH/c1-10(2)14-8-7-13-6-4-3-5-11(13)9-12;/h10-11H,3-9,12H2,1-2H3;1H. The van der Waals surface area contributed by atoms with Crippen LogP contribution in [0.15, 0.2) is 0 Å². The number of hydrogen-bond acceptors (Lipinski definition) is 3. The molecule has 3 nitrogen and oxygen atoms in total. The Labute approximate surface area is 99.7 Å². The molecule has 1 aliphatic rings. The fourth-order valence-corrected chi connectivity index (χ4v) is 2.03. The van der Waals surface area contributed by atoms with Gasteiger partial charge in [-0.25, -0.2) is 0 Å². The van der Waals surface area contributed by atoms with Gasteiger partial charge in [-0.1, -0.05) is 6.42 Å². The van der Waals surface area contributed by atoms with Crippen LogP contribution in [0.1, 0.15) is 33.1 Å².